The van der Waals surface area contributed by atoms with Crippen LogP contribution in [0.1, 0.15) is 31.2 Å². The first-order chi connectivity index (χ1) is 14.9. The summed E-state index contributed by atoms with van der Waals surface area (Å²) in [5.41, 5.74) is 5.71. The van der Waals surface area contributed by atoms with Gasteiger partial charge in [0.25, 0.3) is 0 Å². The maximum Gasteiger partial charge on any atom is 0.414 e. The largest absolute Gasteiger partial charge is 0.444 e. The first-order valence-electron chi connectivity index (χ1n) is 10.5. The lowest BCUT2D eigenvalue weighted by Crippen LogP contribution is -2.51. The summed E-state index contributed by atoms with van der Waals surface area (Å²) >= 11 is 0. The molecule has 1 saturated carbocycles. The highest BCUT2D eigenvalue weighted by molar-refractivity contribution is 5.90. The van der Waals surface area contributed by atoms with Crippen LogP contribution in [-0.4, -0.2) is 62.3 Å². The Morgan fingerprint density at radius 3 is 2.48 bits per heavy atom. The molecule has 1 aromatic carbocycles. The van der Waals surface area contributed by atoms with Crippen LogP contribution in [0.2, 0.25) is 0 Å². The van der Waals surface area contributed by atoms with E-state index >= 15 is 0 Å². The summed E-state index contributed by atoms with van der Waals surface area (Å²) in [5.74, 6) is -0.765. The van der Waals surface area contributed by atoms with Gasteiger partial charge in [-0.05, 0) is 31.7 Å². The minimum Gasteiger partial charge on any atom is -0.444 e. The lowest BCUT2D eigenvalue weighted by molar-refractivity contribution is -0.137. The quantitative estimate of drug-likeness (QED) is 0.479. The molecule has 1 aromatic rings. The topological polar surface area (TPSA) is 121 Å². The highest BCUT2D eigenvalue weighted by atomic mass is 19.1. The van der Waals surface area contributed by atoms with Crippen LogP contribution in [0.15, 0.2) is 18.2 Å². The van der Waals surface area contributed by atoms with Crippen LogP contribution < -0.4 is 16.0 Å². The average Bonchev–Trinajstić information content (AvgIpc) is 2.77. The van der Waals surface area contributed by atoms with Gasteiger partial charge in [0, 0.05) is 44.8 Å². The van der Waals surface area contributed by atoms with Gasteiger partial charge >= 0.3 is 6.09 Å². The molecule has 0 bridgehead atoms. The number of carbonyl (C=O) groups is 2. The lowest BCUT2D eigenvalue weighted by Gasteiger charge is -2.39. The molecule has 0 aromatic heterocycles. The molecule has 2 aliphatic rings. The molecule has 3 rings (SSSR count). The van der Waals surface area contributed by atoms with Gasteiger partial charge in [-0.25, -0.2) is 9.18 Å². The van der Waals surface area contributed by atoms with Crippen molar-refractivity contribution < 1.29 is 23.5 Å². The van der Waals surface area contributed by atoms with Crippen LogP contribution in [0.25, 0.3) is 0 Å². The molecule has 10 heteroatoms. The van der Waals surface area contributed by atoms with Crippen LogP contribution >= 0.6 is 0 Å². The molecule has 1 saturated heterocycles. The maximum atomic E-state index is 15.0. The fourth-order valence-electron chi connectivity index (χ4n) is 4.18. The fourth-order valence-corrected chi connectivity index (χ4v) is 4.18. The molecule has 0 unspecified atom stereocenters. The van der Waals surface area contributed by atoms with Gasteiger partial charge in [0.05, 0.1) is 11.8 Å². The van der Waals surface area contributed by atoms with Gasteiger partial charge in [-0.2, -0.15) is 0 Å². The number of carbonyl (C=O) groups excluding carboxylic acids is 2. The van der Waals surface area contributed by atoms with E-state index in [0.717, 1.165) is 25.7 Å². The molecule has 0 atom stereocenters. The summed E-state index contributed by atoms with van der Waals surface area (Å²) in [6.07, 6.45) is 2.88. The van der Waals surface area contributed by atoms with E-state index in [2.05, 4.69) is 0 Å². The van der Waals surface area contributed by atoms with Gasteiger partial charge in [-0.15, -0.1) is 0 Å². The van der Waals surface area contributed by atoms with Crippen molar-refractivity contribution in [3.63, 3.8) is 0 Å². The minimum atomic E-state index is -0.913. The maximum absolute atomic E-state index is 15.0. The Kier molecular flexibility index (Phi) is 7.67. The number of benzene rings is 1. The number of ether oxygens (including phenoxy) is 2. The number of rotatable bonds is 5. The van der Waals surface area contributed by atoms with E-state index in [4.69, 9.17) is 20.6 Å². The second kappa shape index (κ2) is 10.4. The van der Waals surface area contributed by atoms with Gasteiger partial charge in [0.2, 0.25) is 5.91 Å². The van der Waals surface area contributed by atoms with Crippen molar-refractivity contribution in [2.75, 3.05) is 38.2 Å². The van der Waals surface area contributed by atoms with Crippen molar-refractivity contribution in [2.24, 2.45) is 11.7 Å². The van der Waals surface area contributed by atoms with Gasteiger partial charge in [-0.3, -0.25) is 15.5 Å². The predicted molar refractivity (Wildman–Crippen MR) is 113 cm³/mol. The first kappa shape index (κ1) is 22.8. The Hall–Kier alpha value is -2.88. The predicted octanol–water partition coefficient (Wildman–Crippen LogP) is 1.80. The molecular formula is C21H30FN5O4. The van der Waals surface area contributed by atoms with E-state index in [1.54, 1.807) is 19.2 Å². The number of hydrogen-bond donors (Lipinski definition) is 3. The Bertz CT molecular complexity index is 805. The SMILES string of the molecule is COC1CCC(C(=O)N2CCN(c3cccc(COC(=O)NC(=N)N)c3F)CC2)CC1. The number of amides is 2. The number of methoxy groups -OCH3 is 1. The third kappa shape index (κ3) is 5.84. The highest BCUT2D eigenvalue weighted by Gasteiger charge is 2.31. The zero-order valence-electron chi connectivity index (χ0n) is 17.7. The number of alkyl carbamates (subject to hydrolysis) is 1. The van der Waals surface area contributed by atoms with E-state index in [1.807, 2.05) is 15.1 Å². The van der Waals surface area contributed by atoms with Crippen molar-refractivity contribution in [3.05, 3.63) is 29.6 Å². The molecule has 9 nitrogen and oxygen atoms in total. The summed E-state index contributed by atoms with van der Waals surface area (Å²) in [4.78, 5) is 28.1. The molecule has 31 heavy (non-hydrogen) atoms. The average molecular weight is 436 g/mol. The number of anilines is 1. The monoisotopic (exact) mass is 435 g/mol. The second-order valence-corrected chi connectivity index (χ2v) is 7.89. The Balaban J connectivity index is 1.54. The first-order valence-corrected chi connectivity index (χ1v) is 10.5. The molecule has 0 spiro atoms. The number of halogens is 1. The van der Waals surface area contributed by atoms with E-state index < -0.39 is 17.9 Å². The molecule has 1 aliphatic heterocycles. The van der Waals surface area contributed by atoms with Gasteiger partial charge in [0.1, 0.15) is 6.61 Å². The van der Waals surface area contributed by atoms with Crippen LogP contribution in [0.4, 0.5) is 14.9 Å². The van der Waals surface area contributed by atoms with Gasteiger partial charge < -0.3 is 25.0 Å². The second-order valence-electron chi connectivity index (χ2n) is 7.89. The van der Waals surface area contributed by atoms with Crippen LogP contribution in [0.5, 0.6) is 0 Å². The number of nitrogens with zero attached hydrogens (tertiary/aromatic N) is 2. The zero-order chi connectivity index (χ0) is 22.4. The number of nitrogens with one attached hydrogen (secondary N) is 2. The molecule has 0 radical (unpaired) electrons. The zero-order valence-corrected chi connectivity index (χ0v) is 17.7. The summed E-state index contributed by atoms with van der Waals surface area (Å²) in [6, 6.07) is 4.92. The van der Waals surface area contributed by atoms with E-state index in [0.29, 0.717) is 31.9 Å². The minimum absolute atomic E-state index is 0.0521. The van der Waals surface area contributed by atoms with Gasteiger partial charge in [0.15, 0.2) is 11.8 Å². The van der Waals surface area contributed by atoms with Crippen molar-refractivity contribution >= 4 is 23.6 Å². The lowest BCUT2D eigenvalue weighted by atomic mass is 9.86. The molecule has 2 fully saturated rings. The Morgan fingerprint density at radius 2 is 1.87 bits per heavy atom. The summed E-state index contributed by atoms with van der Waals surface area (Å²) < 4.78 is 25.3. The molecule has 4 N–H and O–H groups in total. The Morgan fingerprint density at radius 1 is 1.19 bits per heavy atom. The van der Waals surface area contributed by atoms with Crippen LogP contribution in [0, 0.1) is 17.1 Å². The molecular weight excluding hydrogens is 405 g/mol. The highest BCUT2D eigenvalue weighted by Crippen LogP contribution is 2.29. The van der Waals surface area contributed by atoms with Crippen molar-refractivity contribution in [2.45, 2.75) is 38.4 Å². The third-order valence-electron chi connectivity index (χ3n) is 5.94. The molecule has 170 valence electrons. The third-order valence-corrected chi connectivity index (χ3v) is 5.94. The standard InChI is InChI=1S/C21H30FN5O4/c1-30-16-7-5-14(6-8-16)19(28)27-11-9-26(10-12-27)17-4-2-3-15(18(17)22)13-31-21(29)25-20(23)24/h2-4,14,16H,5-13H2,1H3,(H4,23,24,25,29). The van der Waals surface area contributed by atoms with Crippen molar-refractivity contribution in [3.8, 4) is 0 Å². The van der Waals surface area contributed by atoms with Crippen molar-refractivity contribution in [1.82, 2.24) is 10.2 Å². The Labute approximate surface area is 181 Å². The van der Waals surface area contributed by atoms with Crippen molar-refractivity contribution in [1.29, 1.82) is 5.41 Å². The van der Waals surface area contributed by atoms with Crippen LogP contribution in [-0.2, 0) is 20.9 Å². The number of nitrogens with two attached hydrogens (primary N) is 1. The summed E-state index contributed by atoms with van der Waals surface area (Å²) in [7, 11) is 1.72. The summed E-state index contributed by atoms with van der Waals surface area (Å²) in [5, 5.41) is 8.98. The summed E-state index contributed by atoms with van der Waals surface area (Å²) in [6.45, 7) is 1.88. The van der Waals surface area contributed by atoms with E-state index in [1.165, 1.54) is 6.07 Å². The van der Waals surface area contributed by atoms with Gasteiger partial charge in [-0.1, -0.05) is 12.1 Å². The number of hydrogen-bond acceptors (Lipinski definition) is 6. The number of guanidine groups is 1. The molecule has 2 amide bonds. The smallest absolute Gasteiger partial charge is 0.414 e. The number of piperazine rings is 1. The van der Waals surface area contributed by atoms with E-state index in [-0.39, 0.29) is 30.1 Å². The molecule has 1 heterocycles. The van der Waals surface area contributed by atoms with Crippen LogP contribution in [0.3, 0.4) is 0 Å². The normalized spacial score (nSPS) is 21.5. The molecule has 1 aliphatic carbocycles. The fraction of sp³-hybridized carbons (Fsp3) is 0.571. The van der Waals surface area contributed by atoms with E-state index in [9.17, 15) is 14.0 Å².